The van der Waals surface area contributed by atoms with Crippen molar-refractivity contribution < 1.29 is 4.74 Å². The average molecular weight is 235 g/mol. The van der Waals surface area contributed by atoms with Crippen LogP contribution in [0.15, 0.2) is 12.4 Å². The molecule has 2 atom stereocenters. The molecule has 0 aliphatic heterocycles. The van der Waals surface area contributed by atoms with Crippen LogP contribution < -0.4 is 10.5 Å². The average Bonchev–Trinajstić information content (AvgIpc) is 2.76. The number of rotatable bonds is 2. The lowest BCUT2D eigenvalue weighted by molar-refractivity contribution is -0.0898. The van der Waals surface area contributed by atoms with E-state index in [2.05, 4.69) is 5.10 Å². The number of ether oxygens (including phenoxy) is 1. The largest absolute Gasteiger partial charge is 0.486 e. The van der Waals surface area contributed by atoms with Gasteiger partial charge in [0, 0.05) is 24.9 Å². The van der Waals surface area contributed by atoms with Crippen molar-refractivity contribution in [1.29, 1.82) is 0 Å². The highest BCUT2D eigenvalue weighted by Gasteiger charge is 2.54. The molecule has 4 nitrogen and oxygen atoms in total. The summed E-state index contributed by atoms with van der Waals surface area (Å²) < 4.78 is 7.85. The minimum absolute atomic E-state index is 0.258. The van der Waals surface area contributed by atoms with Gasteiger partial charge in [-0.3, -0.25) is 4.68 Å². The first-order valence-corrected chi connectivity index (χ1v) is 6.62. The zero-order valence-electron chi connectivity index (χ0n) is 10.4. The molecule has 3 rings (SSSR count). The van der Waals surface area contributed by atoms with Crippen molar-refractivity contribution in [3.05, 3.63) is 12.4 Å². The summed E-state index contributed by atoms with van der Waals surface area (Å²) in [4.78, 5) is 0. The quantitative estimate of drug-likeness (QED) is 0.851. The van der Waals surface area contributed by atoms with Gasteiger partial charge in [0.2, 0.25) is 0 Å². The topological polar surface area (TPSA) is 53.1 Å². The molecule has 2 saturated carbocycles. The Kier molecular flexibility index (Phi) is 2.62. The van der Waals surface area contributed by atoms with E-state index in [1.54, 1.807) is 10.9 Å². The third kappa shape index (κ3) is 1.75. The number of hydrogen-bond donors (Lipinski definition) is 1. The van der Waals surface area contributed by atoms with E-state index in [4.69, 9.17) is 10.5 Å². The van der Waals surface area contributed by atoms with Crippen LogP contribution in [0, 0.1) is 5.41 Å². The second-order valence-corrected chi connectivity index (χ2v) is 5.59. The van der Waals surface area contributed by atoms with E-state index in [0.29, 0.717) is 12.1 Å². The summed E-state index contributed by atoms with van der Waals surface area (Å²) >= 11 is 0. The Morgan fingerprint density at radius 3 is 2.76 bits per heavy atom. The summed E-state index contributed by atoms with van der Waals surface area (Å²) in [6.45, 7) is 0. The highest BCUT2D eigenvalue weighted by molar-refractivity contribution is 5.16. The summed E-state index contributed by atoms with van der Waals surface area (Å²) in [7, 11) is 1.91. The molecule has 1 heterocycles. The molecule has 0 radical (unpaired) electrons. The molecule has 2 aliphatic rings. The van der Waals surface area contributed by atoms with Crippen molar-refractivity contribution in [3.63, 3.8) is 0 Å². The van der Waals surface area contributed by atoms with E-state index in [9.17, 15) is 0 Å². The molecule has 2 unspecified atom stereocenters. The lowest BCUT2D eigenvalue weighted by atomic mass is 9.55. The summed E-state index contributed by atoms with van der Waals surface area (Å²) in [5.41, 5.74) is 6.49. The number of hydrogen-bond acceptors (Lipinski definition) is 3. The molecule has 0 saturated heterocycles. The second kappa shape index (κ2) is 4.02. The second-order valence-electron chi connectivity index (χ2n) is 5.59. The fourth-order valence-corrected chi connectivity index (χ4v) is 3.47. The van der Waals surface area contributed by atoms with Gasteiger partial charge in [0.1, 0.15) is 6.10 Å². The van der Waals surface area contributed by atoms with Gasteiger partial charge in [-0.1, -0.05) is 19.3 Å². The van der Waals surface area contributed by atoms with Crippen LogP contribution in [0.5, 0.6) is 5.75 Å². The van der Waals surface area contributed by atoms with Gasteiger partial charge in [0.05, 0.1) is 12.4 Å². The maximum atomic E-state index is 6.24. The Labute approximate surface area is 102 Å². The first kappa shape index (κ1) is 11.1. The van der Waals surface area contributed by atoms with Crippen LogP contribution in [0.2, 0.25) is 0 Å². The van der Waals surface area contributed by atoms with Crippen molar-refractivity contribution in [1.82, 2.24) is 9.78 Å². The zero-order valence-corrected chi connectivity index (χ0v) is 10.4. The molecule has 94 valence electrons. The third-order valence-corrected chi connectivity index (χ3v) is 4.59. The van der Waals surface area contributed by atoms with Crippen LogP contribution in [-0.2, 0) is 7.05 Å². The van der Waals surface area contributed by atoms with Crippen LogP contribution in [0.4, 0.5) is 0 Å². The van der Waals surface area contributed by atoms with E-state index in [-0.39, 0.29) is 5.41 Å². The van der Waals surface area contributed by atoms with Crippen molar-refractivity contribution >= 4 is 0 Å². The first-order valence-electron chi connectivity index (χ1n) is 6.62. The highest BCUT2D eigenvalue weighted by atomic mass is 16.5. The number of nitrogens with zero attached hydrogens (tertiary/aromatic N) is 2. The van der Waals surface area contributed by atoms with Gasteiger partial charge in [-0.2, -0.15) is 5.10 Å². The number of aromatic nitrogens is 2. The van der Waals surface area contributed by atoms with Crippen LogP contribution >= 0.6 is 0 Å². The first-order chi connectivity index (χ1) is 8.21. The van der Waals surface area contributed by atoms with Gasteiger partial charge < -0.3 is 10.5 Å². The predicted molar refractivity (Wildman–Crippen MR) is 65.7 cm³/mol. The summed E-state index contributed by atoms with van der Waals surface area (Å²) in [6, 6.07) is 0.337. The molecule has 4 heteroatoms. The smallest absolute Gasteiger partial charge is 0.157 e. The number of nitrogens with two attached hydrogens (primary N) is 1. The van der Waals surface area contributed by atoms with Gasteiger partial charge in [0.25, 0.3) is 0 Å². The molecule has 1 aromatic rings. The summed E-state index contributed by atoms with van der Waals surface area (Å²) in [6.07, 6.45) is 11.5. The molecule has 1 spiro atoms. The van der Waals surface area contributed by atoms with E-state index in [0.717, 1.165) is 12.2 Å². The molecule has 2 N–H and O–H groups in total. The molecule has 2 fully saturated rings. The molecule has 0 aromatic carbocycles. The lowest BCUT2D eigenvalue weighted by Crippen LogP contribution is -2.64. The molecular formula is C13H21N3O. The Balaban J connectivity index is 1.71. The lowest BCUT2D eigenvalue weighted by Gasteiger charge is -2.55. The maximum absolute atomic E-state index is 6.24. The van der Waals surface area contributed by atoms with Crippen LogP contribution in [0.25, 0.3) is 0 Å². The highest BCUT2D eigenvalue weighted by Crippen LogP contribution is 2.52. The van der Waals surface area contributed by atoms with E-state index < -0.39 is 0 Å². The van der Waals surface area contributed by atoms with Gasteiger partial charge in [-0.05, 0) is 12.8 Å². The van der Waals surface area contributed by atoms with Crippen LogP contribution in [0.3, 0.4) is 0 Å². The zero-order chi connectivity index (χ0) is 11.9. The van der Waals surface area contributed by atoms with E-state index in [1.807, 2.05) is 13.2 Å². The third-order valence-electron chi connectivity index (χ3n) is 4.59. The molecule has 0 bridgehead atoms. The van der Waals surface area contributed by atoms with Crippen molar-refractivity contribution in [3.8, 4) is 5.75 Å². The van der Waals surface area contributed by atoms with Crippen LogP contribution in [0.1, 0.15) is 38.5 Å². The van der Waals surface area contributed by atoms with Gasteiger partial charge in [0.15, 0.2) is 5.75 Å². The Hall–Kier alpha value is -1.03. The SMILES string of the molecule is Cn1cc(OC2CC(N)C23CCCCC3)cn1. The van der Waals surface area contributed by atoms with Gasteiger partial charge in [-0.15, -0.1) is 0 Å². The Morgan fingerprint density at radius 2 is 2.18 bits per heavy atom. The fourth-order valence-electron chi connectivity index (χ4n) is 3.47. The Morgan fingerprint density at radius 1 is 1.41 bits per heavy atom. The van der Waals surface area contributed by atoms with Crippen molar-refractivity contribution in [2.75, 3.05) is 0 Å². The fraction of sp³-hybridized carbons (Fsp3) is 0.769. The van der Waals surface area contributed by atoms with Crippen LogP contribution in [-0.4, -0.2) is 21.9 Å². The molecule has 2 aliphatic carbocycles. The minimum Gasteiger partial charge on any atom is -0.486 e. The molecule has 1 aromatic heterocycles. The monoisotopic (exact) mass is 235 g/mol. The van der Waals surface area contributed by atoms with Crippen molar-refractivity contribution in [2.24, 2.45) is 18.2 Å². The minimum atomic E-state index is 0.258. The van der Waals surface area contributed by atoms with E-state index in [1.165, 1.54) is 32.1 Å². The van der Waals surface area contributed by atoms with Crippen molar-refractivity contribution in [2.45, 2.75) is 50.7 Å². The summed E-state index contributed by atoms with van der Waals surface area (Å²) in [5.74, 6) is 0.884. The molecule has 17 heavy (non-hydrogen) atoms. The number of aryl methyl sites for hydroxylation is 1. The predicted octanol–water partition coefficient (Wildman–Crippen LogP) is 1.85. The molecule has 0 amide bonds. The Bertz CT molecular complexity index is 395. The summed E-state index contributed by atoms with van der Waals surface area (Å²) in [5, 5.41) is 4.14. The standard InChI is InChI=1S/C13H21N3O/c1-16-9-10(8-15-16)17-12-7-11(14)13(12)5-3-2-4-6-13/h8-9,11-12H,2-7,14H2,1H3. The maximum Gasteiger partial charge on any atom is 0.157 e. The van der Waals surface area contributed by atoms with E-state index >= 15 is 0 Å². The van der Waals surface area contributed by atoms with Gasteiger partial charge >= 0.3 is 0 Å². The van der Waals surface area contributed by atoms with Gasteiger partial charge in [-0.25, -0.2) is 0 Å². The normalized spacial score (nSPS) is 31.2. The molecular weight excluding hydrogens is 214 g/mol.